The van der Waals surface area contributed by atoms with Gasteiger partial charge in [0.1, 0.15) is 5.82 Å². The lowest BCUT2D eigenvalue weighted by molar-refractivity contribution is 0.238. The van der Waals surface area contributed by atoms with Crippen LogP contribution in [-0.2, 0) is 13.1 Å². The summed E-state index contributed by atoms with van der Waals surface area (Å²) in [7, 11) is 0. The minimum Gasteiger partial charge on any atom is -0.327 e. The van der Waals surface area contributed by atoms with Crippen LogP contribution in [0.3, 0.4) is 0 Å². The molecule has 0 atom stereocenters. The van der Waals surface area contributed by atoms with Crippen molar-refractivity contribution >= 4 is 11.0 Å². The summed E-state index contributed by atoms with van der Waals surface area (Å²) >= 11 is 0. The number of benzene rings is 1. The van der Waals surface area contributed by atoms with Crippen LogP contribution >= 0.6 is 0 Å². The first-order valence-corrected chi connectivity index (χ1v) is 6.95. The summed E-state index contributed by atoms with van der Waals surface area (Å²) in [5.74, 6) is 2.06. The molecule has 3 heteroatoms. The Morgan fingerprint density at radius 2 is 2.11 bits per heavy atom. The van der Waals surface area contributed by atoms with Gasteiger partial charge in [0.2, 0.25) is 0 Å². The number of rotatable bonds is 4. The number of aromatic nitrogens is 2. The molecule has 0 unspecified atom stereocenters. The molecule has 3 nitrogen and oxygen atoms in total. The quantitative estimate of drug-likeness (QED) is 0.894. The minimum absolute atomic E-state index is 0.699. The van der Waals surface area contributed by atoms with Crippen LogP contribution in [-0.4, -0.2) is 15.6 Å². The fourth-order valence-electron chi connectivity index (χ4n) is 2.92. The van der Waals surface area contributed by atoms with E-state index >= 15 is 0 Å². The van der Waals surface area contributed by atoms with Crippen molar-refractivity contribution in [2.45, 2.75) is 45.8 Å². The van der Waals surface area contributed by atoms with Crippen LogP contribution in [0.15, 0.2) is 24.3 Å². The molecule has 18 heavy (non-hydrogen) atoms. The summed E-state index contributed by atoms with van der Waals surface area (Å²) in [5.41, 5.74) is 2.36. The van der Waals surface area contributed by atoms with Crippen LogP contribution in [0.5, 0.6) is 0 Å². The smallest absolute Gasteiger partial charge is 0.123 e. The molecule has 1 aliphatic carbocycles. The van der Waals surface area contributed by atoms with Gasteiger partial charge in [-0.2, -0.15) is 0 Å². The average molecular weight is 243 g/mol. The van der Waals surface area contributed by atoms with Gasteiger partial charge in [-0.25, -0.2) is 4.98 Å². The number of nitrogens with one attached hydrogen (secondary N) is 1. The largest absolute Gasteiger partial charge is 0.327 e. The highest BCUT2D eigenvalue weighted by atomic mass is 15.1. The van der Waals surface area contributed by atoms with E-state index in [0.29, 0.717) is 6.04 Å². The van der Waals surface area contributed by atoms with Crippen molar-refractivity contribution in [1.29, 1.82) is 0 Å². The number of imidazole rings is 1. The SMILES string of the molecule is CCn1c(CNC2CC(C)C2)nc2ccccc21. The first-order chi connectivity index (χ1) is 8.78. The lowest BCUT2D eigenvalue weighted by Gasteiger charge is -2.33. The molecule has 0 aliphatic heterocycles. The summed E-state index contributed by atoms with van der Waals surface area (Å²) in [6.45, 7) is 6.38. The van der Waals surface area contributed by atoms with Crippen molar-refractivity contribution in [3.05, 3.63) is 30.1 Å². The van der Waals surface area contributed by atoms with Gasteiger partial charge in [-0.1, -0.05) is 19.1 Å². The standard InChI is InChI=1S/C15H21N3/c1-3-18-14-7-5-4-6-13(14)17-15(18)10-16-12-8-11(2)9-12/h4-7,11-12,16H,3,8-10H2,1-2H3. The molecule has 1 saturated carbocycles. The third-order valence-electron chi connectivity index (χ3n) is 3.97. The number of fused-ring (bicyclic) bond motifs is 1. The molecular formula is C15H21N3. The molecule has 2 aromatic rings. The molecule has 0 saturated heterocycles. The third-order valence-corrected chi connectivity index (χ3v) is 3.97. The monoisotopic (exact) mass is 243 g/mol. The fraction of sp³-hybridized carbons (Fsp3) is 0.533. The Hall–Kier alpha value is -1.35. The molecule has 0 spiro atoms. The molecule has 1 fully saturated rings. The molecule has 1 aromatic carbocycles. The summed E-state index contributed by atoms with van der Waals surface area (Å²) in [5, 5.41) is 3.62. The van der Waals surface area contributed by atoms with Crippen molar-refractivity contribution in [2.75, 3.05) is 0 Å². The van der Waals surface area contributed by atoms with Gasteiger partial charge >= 0.3 is 0 Å². The summed E-state index contributed by atoms with van der Waals surface area (Å²) in [6.07, 6.45) is 2.62. The molecule has 1 heterocycles. The van der Waals surface area contributed by atoms with Gasteiger partial charge < -0.3 is 9.88 Å². The maximum Gasteiger partial charge on any atom is 0.123 e. The molecule has 0 amide bonds. The topological polar surface area (TPSA) is 29.9 Å². The molecule has 1 aliphatic rings. The molecule has 1 N–H and O–H groups in total. The van der Waals surface area contributed by atoms with E-state index in [9.17, 15) is 0 Å². The van der Waals surface area contributed by atoms with E-state index in [1.807, 2.05) is 0 Å². The highest BCUT2D eigenvalue weighted by Gasteiger charge is 2.24. The number of aryl methyl sites for hydroxylation is 1. The molecular weight excluding hydrogens is 222 g/mol. The van der Waals surface area contributed by atoms with Gasteiger partial charge in [0.25, 0.3) is 0 Å². The van der Waals surface area contributed by atoms with E-state index in [4.69, 9.17) is 4.98 Å². The molecule has 96 valence electrons. The Morgan fingerprint density at radius 3 is 2.83 bits per heavy atom. The summed E-state index contributed by atoms with van der Waals surface area (Å²) in [6, 6.07) is 9.09. The van der Waals surface area contributed by atoms with Gasteiger partial charge in [0.05, 0.1) is 17.6 Å². The zero-order valence-electron chi connectivity index (χ0n) is 11.2. The van der Waals surface area contributed by atoms with Gasteiger partial charge in [0.15, 0.2) is 0 Å². The van der Waals surface area contributed by atoms with Crippen LogP contribution in [0.4, 0.5) is 0 Å². The Morgan fingerprint density at radius 1 is 1.33 bits per heavy atom. The highest BCUT2D eigenvalue weighted by molar-refractivity contribution is 5.75. The minimum atomic E-state index is 0.699. The van der Waals surface area contributed by atoms with Crippen LogP contribution < -0.4 is 5.32 Å². The zero-order valence-corrected chi connectivity index (χ0v) is 11.2. The van der Waals surface area contributed by atoms with Crippen LogP contribution in [0.2, 0.25) is 0 Å². The Bertz CT molecular complexity index is 538. The van der Waals surface area contributed by atoms with Gasteiger partial charge in [0, 0.05) is 12.6 Å². The Labute approximate surface area is 108 Å². The predicted octanol–water partition coefficient (Wildman–Crippen LogP) is 2.94. The second-order valence-electron chi connectivity index (χ2n) is 5.42. The van der Waals surface area contributed by atoms with Crippen LogP contribution in [0.25, 0.3) is 11.0 Å². The van der Waals surface area contributed by atoms with E-state index in [1.165, 1.54) is 24.2 Å². The number of nitrogens with zero attached hydrogens (tertiary/aromatic N) is 2. The lowest BCUT2D eigenvalue weighted by atomic mass is 9.82. The molecule has 1 aromatic heterocycles. The van der Waals surface area contributed by atoms with Crippen molar-refractivity contribution in [3.63, 3.8) is 0 Å². The molecule has 0 radical (unpaired) electrons. The van der Waals surface area contributed by atoms with E-state index in [0.717, 1.165) is 24.5 Å². The Balaban J connectivity index is 1.78. The summed E-state index contributed by atoms with van der Waals surface area (Å²) in [4.78, 5) is 4.73. The number of hydrogen-bond donors (Lipinski definition) is 1. The van der Waals surface area contributed by atoms with Gasteiger partial charge in [-0.3, -0.25) is 0 Å². The average Bonchev–Trinajstić information content (AvgIpc) is 2.70. The van der Waals surface area contributed by atoms with Crippen molar-refractivity contribution in [3.8, 4) is 0 Å². The van der Waals surface area contributed by atoms with Crippen molar-refractivity contribution in [1.82, 2.24) is 14.9 Å². The first kappa shape index (κ1) is 11.7. The lowest BCUT2D eigenvalue weighted by Crippen LogP contribution is -2.40. The van der Waals surface area contributed by atoms with E-state index in [1.54, 1.807) is 0 Å². The Kier molecular flexibility index (Phi) is 3.08. The van der Waals surface area contributed by atoms with Crippen LogP contribution in [0.1, 0.15) is 32.5 Å². The van der Waals surface area contributed by atoms with Gasteiger partial charge in [-0.05, 0) is 37.8 Å². The zero-order chi connectivity index (χ0) is 12.5. The molecule has 3 rings (SSSR count). The normalized spacial score (nSPS) is 23.2. The van der Waals surface area contributed by atoms with Crippen LogP contribution in [0, 0.1) is 5.92 Å². The molecule has 0 bridgehead atoms. The second-order valence-corrected chi connectivity index (χ2v) is 5.42. The maximum atomic E-state index is 4.73. The summed E-state index contributed by atoms with van der Waals surface area (Å²) < 4.78 is 2.31. The maximum absolute atomic E-state index is 4.73. The van der Waals surface area contributed by atoms with E-state index in [2.05, 4.69) is 48.0 Å². The fourth-order valence-corrected chi connectivity index (χ4v) is 2.92. The number of para-hydroxylation sites is 2. The van der Waals surface area contributed by atoms with E-state index in [-0.39, 0.29) is 0 Å². The highest BCUT2D eigenvalue weighted by Crippen LogP contribution is 2.26. The van der Waals surface area contributed by atoms with Crippen molar-refractivity contribution < 1.29 is 0 Å². The van der Waals surface area contributed by atoms with Gasteiger partial charge in [-0.15, -0.1) is 0 Å². The second kappa shape index (κ2) is 4.73. The van der Waals surface area contributed by atoms with Crippen molar-refractivity contribution in [2.24, 2.45) is 5.92 Å². The van der Waals surface area contributed by atoms with E-state index < -0.39 is 0 Å². The third kappa shape index (κ3) is 2.03. The predicted molar refractivity (Wildman–Crippen MR) is 74.4 cm³/mol. The first-order valence-electron chi connectivity index (χ1n) is 6.95. The number of hydrogen-bond acceptors (Lipinski definition) is 2.